The summed E-state index contributed by atoms with van der Waals surface area (Å²) in [6, 6.07) is 3.70. The van der Waals surface area contributed by atoms with Crippen LogP contribution in [0.5, 0.6) is 0 Å². The van der Waals surface area contributed by atoms with Crippen molar-refractivity contribution >= 4 is 28.9 Å². The lowest BCUT2D eigenvalue weighted by atomic mass is 10.2. The average molecular weight is 324 g/mol. The van der Waals surface area contributed by atoms with Gasteiger partial charge in [0.2, 0.25) is 0 Å². The van der Waals surface area contributed by atoms with Gasteiger partial charge in [-0.15, -0.1) is 0 Å². The van der Waals surface area contributed by atoms with Gasteiger partial charge in [0, 0.05) is 23.9 Å². The Morgan fingerprint density at radius 3 is 1.95 bits per heavy atom. The van der Waals surface area contributed by atoms with Crippen LogP contribution in [0.2, 0.25) is 10.0 Å². The van der Waals surface area contributed by atoms with Gasteiger partial charge >= 0.3 is 0 Å². The van der Waals surface area contributed by atoms with E-state index in [0.29, 0.717) is 11.8 Å². The molecule has 0 aliphatic rings. The zero-order chi connectivity index (χ0) is 14.9. The number of nitrogens with one attached hydrogen (secondary N) is 1. The van der Waals surface area contributed by atoms with E-state index < -0.39 is 23.3 Å². The van der Waals surface area contributed by atoms with E-state index in [4.69, 9.17) is 23.2 Å². The van der Waals surface area contributed by atoms with Crippen LogP contribution in [0.3, 0.4) is 0 Å². The summed E-state index contributed by atoms with van der Waals surface area (Å²) in [6.07, 6.45) is 0. The molecular weight excluding hydrogens is 317 g/mol. The van der Waals surface area contributed by atoms with Gasteiger partial charge in [-0.3, -0.25) is 0 Å². The van der Waals surface area contributed by atoms with Crippen molar-refractivity contribution in [3.8, 4) is 0 Å². The topological polar surface area (TPSA) is 12.0 Å². The van der Waals surface area contributed by atoms with Crippen LogP contribution < -0.4 is 5.32 Å². The second-order valence-corrected chi connectivity index (χ2v) is 4.78. The standard InChI is InChI=1S/C13H7Cl2F4N/c14-8-2-7(3-9(15)13(8)19)20-5-6-1-11(17)12(18)4-10(6)16/h1-4,20H,5H2. The molecule has 0 amide bonds. The Hall–Kier alpha value is -1.46. The second kappa shape index (κ2) is 5.89. The highest BCUT2D eigenvalue weighted by molar-refractivity contribution is 6.35. The van der Waals surface area contributed by atoms with Crippen molar-refractivity contribution in [1.82, 2.24) is 0 Å². The first-order valence-corrected chi connectivity index (χ1v) is 6.16. The predicted octanol–water partition coefficient (Wildman–Crippen LogP) is 5.16. The lowest BCUT2D eigenvalue weighted by molar-refractivity contribution is 0.490. The van der Waals surface area contributed by atoms with E-state index in [1.54, 1.807) is 0 Å². The summed E-state index contributed by atoms with van der Waals surface area (Å²) in [4.78, 5) is 0. The molecule has 0 heterocycles. The van der Waals surface area contributed by atoms with Gasteiger partial charge in [-0.1, -0.05) is 23.2 Å². The molecule has 0 bridgehead atoms. The normalized spacial score (nSPS) is 10.7. The molecule has 2 rings (SSSR count). The molecule has 1 N–H and O–H groups in total. The second-order valence-electron chi connectivity index (χ2n) is 3.97. The number of benzene rings is 2. The predicted molar refractivity (Wildman–Crippen MR) is 70.1 cm³/mol. The maximum Gasteiger partial charge on any atom is 0.161 e. The fourth-order valence-corrected chi connectivity index (χ4v) is 2.04. The van der Waals surface area contributed by atoms with Crippen molar-refractivity contribution in [2.24, 2.45) is 0 Å². The summed E-state index contributed by atoms with van der Waals surface area (Å²) in [5.74, 6) is -4.08. The Morgan fingerprint density at radius 2 is 1.35 bits per heavy atom. The molecule has 0 aliphatic heterocycles. The van der Waals surface area contributed by atoms with Crippen molar-refractivity contribution in [2.75, 3.05) is 5.32 Å². The van der Waals surface area contributed by atoms with Crippen LogP contribution >= 0.6 is 23.2 Å². The summed E-state index contributed by atoms with van der Waals surface area (Å²) < 4.78 is 52.4. The van der Waals surface area contributed by atoms with E-state index in [9.17, 15) is 17.6 Å². The molecule has 0 spiro atoms. The Morgan fingerprint density at radius 1 is 0.800 bits per heavy atom. The van der Waals surface area contributed by atoms with E-state index >= 15 is 0 Å². The van der Waals surface area contributed by atoms with E-state index in [-0.39, 0.29) is 22.2 Å². The lowest BCUT2D eigenvalue weighted by Gasteiger charge is -2.09. The third kappa shape index (κ3) is 3.16. The van der Waals surface area contributed by atoms with E-state index in [1.807, 2.05) is 0 Å². The number of halogens is 6. The largest absolute Gasteiger partial charge is 0.381 e. The van der Waals surface area contributed by atoms with Crippen LogP contribution in [0.1, 0.15) is 5.56 Å². The molecule has 0 saturated heterocycles. The molecule has 106 valence electrons. The zero-order valence-electron chi connectivity index (χ0n) is 9.78. The molecule has 20 heavy (non-hydrogen) atoms. The van der Waals surface area contributed by atoms with E-state index in [2.05, 4.69) is 5.32 Å². The monoisotopic (exact) mass is 323 g/mol. The van der Waals surface area contributed by atoms with Crippen molar-refractivity contribution in [1.29, 1.82) is 0 Å². The van der Waals surface area contributed by atoms with E-state index in [0.717, 1.165) is 6.07 Å². The summed E-state index contributed by atoms with van der Waals surface area (Å²) in [5, 5.41) is 2.29. The fraction of sp³-hybridized carbons (Fsp3) is 0.0769. The molecular formula is C13H7Cl2F4N. The molecule has 1 nitrogen and oxygen atoms in total. The first-order valence-electron chi connectivity index (χ1n) is 5.40. The Bertz CT molecular complexity index is 638. The van der Waals surface area contributed by atoms with Gasteiger partial charge in [-0.25, -0.2) is 17.6 Å². The van der Waals surface area contributed by atoms with Crippen molar-refractivity contribution in [3.63, 3.8) is 0 Å². The van der Waals surface area contributed by atoms with Gasteiger partial charge in [0.05, 0.1) is 10.0 Å². The quantitative estimate of drug-likeness (QED) is 0.467. The van der Waals surface area contributed by atoms with Crippen LogP contribution in [0.15, 0.2) is 24.3 Å². The van der Waals surface area contributed by atoms with Gasteiger partial charge in [0.1, 0.15) is 5.82 Å². The Kier molecular flexibility index (Phi) is 4.40. The van der Waals surface area contributed by atoms with Gasteiger partial charge < -0.3 is 5.32 Å². The molecule has 0 radical (unpaired) electrons. The first kappa shape index (κ1) is 14.9. The minimum atomic E-state index is -1.26. The molecule has 0 atom stereocenters. The van der Waals surface area contributed by atoms with Gasteiger partial charge in [-0.05, 0) is 18.2 Å². The average Bonchev–Trinajstić information content (AvgIpc) is 2.38. The van der Waals surface area contributed by atoms with Gasteiger partial charge in [0.25, 0.3) is 0 Å². The van der Waals surface area contributed by atoms with Crippen LogP contribution in [-0.4, -0.2) is 0 Å². The van der Waals surface area contributed by atoms with Crippen LogP contribution in [0.4, 0.5) is 23.2 Å². The minimum Gasteiger partial charge on any atom is -0.381 e. The van der Waals surface area contributed by atoms with Gasteiger partial charge in [0.15, 0.2) is 17.5 Å². The molecule has 2 aromatic rings. The van der Waals surface area contributed by atoms with Crippen molar-refractivity contribution in [2.45, 2.75) is 6.54 Å². The number of hydrogen-bond acceptors (Lipinski definition) is 1. The smallest absolute Gasteiger partial charge is 0.161 e. The van der Waals surface area contributed by atoms with Crippen molar-refractivity contribution in [3.05, 3.63) is 63.1 Å². The number of rotatable bonds is 3. The Balaban J connectivity index is 2.19. The summed E-state index contributed by atoms with van der Waals surface area (Å²) in [7, 11) is 0. The molecule has 2 aromatic carbocycles. The van der Waals surface area contributed by atoms with Crippen LogP contribution in [-0.2, 0) is 6.54 Å². The Labute approximate surface area is 122 Å². The summed E-state index contributed by atoms with van der Waals surface area (Å²) in [5.41, 5.74) is 0.242. The lowest BCUT2D eigenvalue weighted by Crippen LogP contribution is -2.04. The highest BCUT2D eigenvalue weighted by atomic mass is 35.5. The molecule has 0 aromatic heterocycles. The summed E-state index contributed by atoms with van der Waals surface area (Å²) in [6.45, 7) is -0.138. The van der Waals surface area contributed by atoms with E-state index in [1.165, 1.54) is 12.1 Å². The fourth-order valence-electron chi connectivity index (χ4n) is 1.55. The van der Waals surface area contributed by atoms with Gasteiger partial charge in [-0.2, -0.15) is 0 Å². The maximum absolute atomic E-state index is 13.4. The van der Waals surface area contributed by atoms with Crippen LogP contribution in [0.25, 0.3) is 0 Å². The molecule has 0 aliphatic carbocycles. The third-order valence-corrected chi connectivity index (χ3v) is 3.11. The summed E-state index contributed by atoms with van der Waals surface area (Å²) >= 11 is 11.2. The highest BCUT2D eigenvalue weighted by Gasteiger charge is 2.11. The molecule has 0 fully saturated rings. The maximum atomic E-state index is 13.4. The molecule has 7 heteroatoms. The van der Waals surface area contributed by atoms with Crippen LogP contribution in [0, 0.1) is 23.3 Å². The molecule has 0 saturated carbocycles. The SMILES string of the molecule is Fc1cc(F)c(CNc2cc(Cl)c(F)c(Cl)c2)cc1F. The highest BCUT2D eigenvalue weighted by Crippen LogP contribution is 2.27. The minimum absolute atomic E-state index is 0.0829. The first-order chi connectivity index (χ1) is 9.38. The number of anilines is 1. The molecule has 0 unspecified atom stereocenters. The van der Waals surface area contributed by atoms with Crippen molar-refractivity contribution < 1.29 is 17.6 Å². The zero-order valence-corrected chi connectivity index (χ0v) is 11.3. The number of hydrogen-bond donors (Lipinski definition) is 1. The third-order valence-electron chi connectivity index (χ3n) is 2.56.